The van der Waals surface area contributed by atoms with Gasteiger partial charge in [-0.05, 0) is 30.9 Å². The summed E-state index contributed by atoms with van der Waals surface area (Å²) >= 11 is 0. The molecule has 18 heavy (non-hydrogen) atoms. The third-order valence-electron chi connectivity index (χ3n) is 3.52. The SMILES string of the molecule is CCCC1CC1Nc1nc2ccccc2c(=O)[nH]1. The third-order valence-corrected chi connectivity index (χ3v) is 3.52. The minimum absolute atomic E-state index is 0.0733. The lowest BCUT2D eigenvalue weighted by Crippen LogP contribution is -2.15. The van der Waals surface area contributed by atoms with Gasteiger partial charge in [-0.2, -0.15) is 0 Å². The minimum atomic E-state index is -0.0733. The van der Waals surface area contributed by atoms with Crippen LogP contribution < -0.4 is 10.9 Å². The number of aromatic nitrogens is 2. The van der Waals surface area contributed by atoms with Gasteiger partial charge >= 0.3 is 0 Å². The summed E-state index contributed by atoms with van der Waals surface area (Å²) in [6.07, 6.45) is 3.64. The summed E-state index contributed by atoms with van der Waals surface area (Å²) in [5.41, 5.74) is 0.673. The second-order valence-corrected chi connectivity index (χ2v) is 4.97. The first-order valence-electron chi connectivity index (χ1n) is 6.53. The number of nitrogens with one attached hydrogen (secondary N) is 2. The number of benzene rings is 1. The first-order chi connectivity index (χ1) is 8.78. The maximum atomic E-state index is 11.9. The van der Waals surface area contributed by atoms with Crippen LogP contribution in [0.25, 0.3) is 10.9 Å². The van der Waals surface area contributed by atoms with Gasteiger partial charge < -0.3 is 5.32 Å². The highest BCUT2D eigenvalue weighted by Crippen LogP contribution is 2.36. The number of aromatic amines is 1. The van der Waals surface area contributed by atoms with Gasteiger partial charge in [0.25, 0.3) is 5.56 Å². The Labute approximate surface area is 105 Å². The van der Waals surface area contributed by atoms with Crippen LogP contribution in [-0.2, 0) is 0 Å². The Kier molecular flexibility index (Phi) is 2.78. The normalized spacial score (nSPS) is 22.1. The molecular formula is C14H17N3O. The largest absolute Gasteiger partial charge is 0.353 e. The zero-order chi connectivity index (χ0) is 12.5. The summed E-state index contributed by atoms with van der Waals surface area (Å²) in [7, 11) is 0. The number of rotatable bonds is 4. The molecule has 1 fully saturated rings. The zero-order valence-electron chi connectivity index (χ0n) is 10.4. The van der Waals surface area contributed by atoms with Crippen molar-refractivity contribution in [3.05, 3.63) is 34.6 Å². The number of hydrogen-bond acceptors (Lipinski definition) is 3. The van der Waals surface area contributed by atoms with E-state index in [1.807, 2.05) is 18.2 Å². The molecule has 94 valence electrons. The van der Waals surface area contributed by atoms with Crippen molar-refractivity contribution in [2.24, 2.45) is 5.92 Å². The highest BCUT2D eigenvalue weighted by molar-refractivity contribution is 5.78. The topological polar surface area (TPSA) is 57.8 Å². The number of H-pyrrole nitrogens is 1. The van der Waals surface area contributed by atoms with Crippen molar-refractivity contribution in [1.82, 2.24) is 9.97 Å². The molecule has 4 nitrogen and oxygen atoms in total. The maximum Gasteiger partial charge on any atom is 0.260 e. The summed E-state index contributed by atoms with van der Waals surface area (Å²) in [4.78, 5) is 19.1. The van der Waals surface area contributed by atoms with E-state index >= 15 is 0 Å². The van der Waals surface area contributed by atoms with Crippen LogP contribution in [0, 0.1) is 5.92 Å². The molecule has 2 N–H and O–H groups in total. The molecule has 0 aliphatic heterocycles. The molecule has 2 aromatic rings. The molecular weight excluding hydrogens is 226 g/mol. The Bertz CT molecular complexity index is 620. The zero-order valence-corrected chi connectivity index (χ0v) is 10.4. The van der Waals surface area contributed by atoms with E-state index in [1.165, 1.54) is 19.3 Å². The average Bonchev–Trinajstić information content (AvgIpc) is 3.08. The van der Waals surface area contributed by atoms with Gasteiger partial charge in [0.05, 0.1) is 10.9 Å². The first-order valence-corrected chi connectivity index (χ1v) is 6.53. The molecule has 0 radical (unpaired) electrons. The van der Waals surface area contributed by atoms with E-state index in [1.54, 1.807) is 6.07 Å². The Morgan fingerprint density at radius 3 is 3.11 bits per heavy atom. The Morgan fingerprint density at radius 2 is 2.28 bits per heavy atom. The lowest BCUT2D eigenvalue weighted by molar-refractivity contribution is 0.691. The monoisotopic (exact) mass is 243 g/mol. The van der Waals surface area contributed by atoms with Gasteiger partial charge in [0.2, 0.25) is 5.95 Å². The highest BCUT2D eigenvalue weighted by Gasteiger charge is 2.36. The smallest absolute Gasteiger partial charge is 0.260 e. The number of anilines is 1. The fourth-order valence-electron chi connectivity index (χ4n) is 2.44. The van der Waals surface area contributed by atoms with E-state index in [4.69, 9.17) is 0 Å². The predicted octanol–water partition coefficient (Wildman–Crippen LogP) is 2.52. The van der Waals surface area contributed by atoms with Crippen LogP contribution in [0.5, 0.6) is 0 Å². The minimum Gasteiger partial charge on any atom is -0.353 e. The van der Waals surface area contributed by atoms with E-state index in [0.29, 0.717) is 17.4 Å². The fraction of sp³-hybridized carbons (Fsp3) is 0.429. The lowest BCUT2D eigenvalue weighted by Gasteiger charge is -2.05. The summed E-state index contributed by atoms with van der Waals surface area (Å²) in [6, 6.07) is 7.89. The van der Waals surface area contributed by atoms with Crippen molar-refractivity contribution >= 4 is 16.9 Å². The van der Waals surface area contributed by atoms with Crippen LogP contribution in [0.15, 0.2) is 29.1 Å². The summed E-state index contributed by atoms with van der Waals surface area (Å²) < 4.78 is 0. The van der Waals surface area contributed by atoms with Gasteiger partial charge in [-0.15, -0.1) is 0 Å². The maximum absolute atomic E-state index is 11.9. The molecule has 1 aliphatic carbocycles. The van der Waals surface area contributed by atoms with E-state index in [2.05, 4.69) is 22.2 Å². The molecule has 2 unspecified atom stereocenters. The molecule has 0 saturated heterocycles. The molecule has 1 heterocycles. The van der Waals surface area contributed by atoms with Crippen molar-refractivity contribution in [3.63, 3.8) is 0 Å². The van der Waals surface area contributed by atoms with E-state index < -0.39 is 0 Å². The van der Waals surface area contributed by atoms with E-state index in [-0.39, 0.29) is 5.56 Å². The van der Waals surface area contributed by atoms with Gasteiger partial charge in [0, 0.05) is 6.04 Å². The standard InChI is InChI=1S/C14H17N3O/c1-2-5-9-8-12(9)16-14-15-11-7-4-3-6-10(11)13(18)17-14/h3-4,6-7,9,12H,2,5,8H2,1H3,(H2,15,16,17,18). The van der Waals surface area contributed by atoms with Crippen LogP contribution in [0.4, 0.5) is 5.95 Å². The molecule has 3 rings (SSSR count). The number of para-hydroxylation sites is 1. The molecule has 0 spiro atoms. The summed E-state index contributed by atoms with van der Waals surface area (Å²) in [5.74, 6) is 1.34. The van der Waals surface area contributed by atoms with E-state index in [9.17, 15) is 4.79 Å². The van der Waals surface area contributed by atoms with Crippen molar-refractivity contribution in [3.8, 4) is 0 Å². The van der Waals surface area contributed by atoms with Gasteiger partial charge in [0.15, 0.2) is 0 Å². The third kappa shape index (κ3) is 2.10. The van der Waals surface area contributed by atoms with Crippen LogP contribution in [0.2, 0.25) is 0 Å². The molecule has 2 atom stereocenters. The van der Waals surface area contributed by atoms with Crippen LogP contribution in [0.3, 0.4) is 0 Å². The predicted molar refractivity (Wildman–Crippen MR) is 72.8 cm³/mol. The van der Waals surface area contributed by atoms with Crippen LogP contribution in [0.1, 0.15) is 26.2 Å². The molecule has 0 bridgehead atoms. The average molecular weight is 243 g/mol. The number of fused-ring (bicyclic) bond motifs is 1. The summed E-state index contributed by atoms with van der Waals surface area (Å²) in [6.45, 7) is 2.20. The quantitative estimate of drug-likeness (QED) is 0.867. The molecule has 1 saturated carbocycles. The van der Waals surface area contributed by atoms with Gasteiger partial charge in [-0.25, -0.2) is 4.98 Å². The van der Waals surface area contributed by atoms with Crippen molar-refractivity contribution in [2.75, 3.05) is 5.32 Å². The van der Waals surface area contributed by atoms with Crippen molar-refractivity contribution in [2.45, 2.75) is 32.2 Å². The Balaban J connectivity index is 1.83. The number of hydrogen-bond donors (Lipinski definition) is 2. The van der Waals surface area contributed by atoms with Crippen molar-refractivity contribution < 1.29 is 0 Å². The highest BCUT2D eigenvalue weighted by atomic mass is 16.1. The van der Waals surface area contributed by atoms with Gasteiger partial charge in [0.1, 0.15) is 0 Å². The van der Waals surface area contributed by atoms with E-state index in [0.717, 1.165) is 11.4 Å². The van der Waals surface area contributed by atoms with Crippen LogP contribution >= 0.6 is 0 Å². The molecule has 1 aromatic carbocycles. The second-order valence-electron chi connectivity index (χ2n) is 4.97. The van der Waals surface area contributed by atoms with Gasteiger partial charge in [-0.1, -0.05) is 25.5 Å². The first kappa shape index (κ1) is 11.3. The lowest BCUT2D eigenvalue weighted by atomic mass is 10.2. The van der Waals surface area contributed by atoms with Crippen LogP contribution in [-0.4, -0.2) is 16.0 Å². The molecule has 1 aliphatic rings. The fourth-order valence-corrected chi connectivity index (χ4v) is 2.44. The van der Waals surface area contributed by atoms with Gasteiger partial charge in [-0.3, -0.25) is 9.78 Å². The summed E-state index contributed by atoms with van der Waals surface area (Å²) in [5, 5.41) is 3.96. The Morgan fingerprint density at radius 1 is 1.44 bits per heavy atom. The molecule has 4 heteroatoms. The molecule has 0 amide bonds. The molecule has 1 aromatic heterocycles. The second kappa shape index (κ2) is 4.44. The number of nitrogens with zero attached hydrogens (tertiary/aromatic N) is 1. The Hall–Kier alpha value is -1.84. The van der Waals surface area contributed by atoms with Crippen molar-refractivity contribution in [1.29, 1.82) is 0 Å².